The summed E-state index contributed by atoms with van der Waals surface area (Å²) in [5.41, 5.74) is 7.00. The molecule has 4 nitrogen and oxygen atoms in total. The number of nitrogens with two attached hydrogens (primary N) is 1. The van der Waals surface area contributed by atoms with E-state index in [1.807, 2.05) is 0 Å². The Morgan fingerprint density at radius 1 is 1.24 bits per heavy atom. The van der Waals surface area contributed by atoms with E-state index in [0.717, 1.165) is 0 Å². The summed E-state index contributed by atoms with van der Waals surface area (Å²) >= 11 is 0. The molecule has 0 unspecified atom stereocenters. The molecule has 0 bridgehead atoms. The van der Waals surface area contributed by atoms with Gasteiger partial charge in [0, 0.05) is 6.07 Å². The summed E-state index contributed by atoms with van der Waals surface area (Å²) < 4.78 is 23.9. The Kier molecular flexibility index (Phi) is 4.42. The summed E-state index contributed by atoms with van der Waals surface area (Å²) in [6.45, 7) is 3.69. The lowest BCUT2D eigenvalue weighted by Gasteiger charge is -2.10. The molecule has 0 saturated carbocycles. The van der Waals surface area contributed by atoms with Gasteiger partial charge in [-0.25, -0.2) is 9.18 Å². The Balaban J connectivity index is 2.21. The van der Waals surface area contributed by atoms with Gasteiger partial charge in [0.2, 0.25) is 0 Å². The number of halogens is 1. The van der Waals surface area contributed by atoms with Crippen LogP contribution in [0.25, 0.3) is 0 Å². The second-order valence-electron chi connectivity index (χ2n) is 4.49. The van der Waals surface area contributed by atoms with Gasteiger partial charge >= 0.3 is 5.97 Å². The lowest BCUT2D eigenvalue weighted by Crippen LogP contribution is -2.05. The van der Waals surface area contributed by atoms with Gasteiger partial charge < -0.3 is 15.2 Å². The smallest absolute Gasteiger partial charge is 0.338 e. The Hall–Kier alpha value is -2.56. The number of esters is 1. The summed E-state index contributed by atoms with van der Waals surface area (Å²) in [6, 6.07) is 9.13. The fourth-order valence-corrected chi connectivity index (χ4v) is 1.75. The quantitative estimate of drug-likeness (QED) is 0.689. The first-order valence-electron chi connectivity index (χ1n) is 6.52. The maximum atomic E-state index is 13.5. The molecule has 0 aromatic heterocycles. The minimum atomic E-state index is -0.447. The molecule has 0 atom stereocenters. The van der Waals surface area contributed by atoms with Crippen LogP contribution in [0.3, 0.4) is 0 Å². The van der Waals surface area contributed by atoms with Crippen molar-refractivity contribution < 1.29 is 18.7 Å². The number of ether oxygens (including phenoxy) is 2. The fraction of sp³-hybridized carbons (Fsp3) is 0.188. The van der Waals surface area contributed by atoms with Crippen molar-refractivity contribution in [2.24, 2.45) is 0 Å². The van der Waals surface area contributed by atoms with Crippen LogP contribution in [-0.4, -0.2) is 12.6 Å². The predicted octanol–water partition coefficient (Wildman–Crippen LogP) is 3.69. The van der Waals surface area contributed by atoms with Crippen molar-refractivity contribution in [2.75, 3.05) is 12.3 Å². The van der Waals surface area contributed by atoms with Crippen molar-refractivity contribution in [3.63, 3.8) is 0 Å². The number of aryl methyl sites for hydroxylation is 1. The SMILES string of the molecule is CCOC(=O)c1ccc(Oc2ccc(C)c(F)c2)c(N)c1. The summed E-state index contributed by atoms with van der Waals surface area (Å²) in [4.78, 5) is 11.6. The zero-order valence-corrected chi connectivity index (χ0v) is 11.9. The van der Waals surface area contributed by atoms with E-state index in [1.165, 1.54) is 12.1 Å². The number of carbonyl (C=O) groups is 1. The Morgan fingerprint density at radius 2 is 2.00 bits per heavy atom. The van der Waals surface area contributed by atoms with E-state index in [9.17, 15) is 9.18 Å². The van der Waals surface area contributed by atoms with E-state index in [1.54, 1.807) is 38.1 Å². The van der Waals surface area contributed by atoms with E-state index < -0.39 is 5.97 Å². The van der Waals surface area contributed by atoms with Gasteiger partial charge in [-0.1, -0.05) is 6.07 Å². The van der Waals surface area contributed by atoms with Crippen molar-refractivity contribution in [2.45, 2.75) is 13.8 Å². The van der Waals surface area contributed by atoms with Gasteiger partial charge in [-0.3, -0.25) is 0 Å². The standard InChI is InChI=1S/C16H16FNO3/c1-3-20-16(19)11-5-7-15(14(18)8-11)21-12-6-4-10(2)13(17)9-12/h4-9H,3,18H2,1-2H3. The van der Waals surface area contributed by atoms with Crippen LogP contribution >= 0.6 is 0 Å². The summed E-state index contributed by atoms with van der Waals surface area (Å²) in [7, 11) is 0. The van der Waals surface area contributed by atoms with Gasteiger partial charge in [-0.05, 0) is 43.7 Å². The highest BCUT2D eigenvalue weighted by molar-refractivity contribution is 5.91. The highest BCUT2D eigenvalue weighted by Crippen LogP contribution is 2.29. The topological polar surface area (TPSA) is 61.5 Å². The first-order valence-corrected chi connectivity index (χ1v) is 6.52. The van der Waals surface area contributed by atoms with Crippen LogP contribution in [0.15, 0.2) is 36.4 Å². The van der Waals surface area contributed by atoms with Crippen molar-refractivity contribution in [3.05, 3.63) is 53.3 Å². The summed E-state index contributed by atoms with van der Waals surface area (Å²) in [6.07, 6.45) is 0. The number of rotatable bonds is 4. The van der Waals surface area contributed by atoms with Crippen LogP contribution in [0.1, 0.15) is 22.8 Å². The van der Waals surface area contributed by atoms with Gasteiger partial charge in [0.15, 0.2) is 0 Å². The summed E-state index contributed by atoms with van der Waals surface area (Å²) in [5, 5.41) is 0. The molecule has 2 aromatic carbocycles. The zero-order chi connectivity index (χ0) is 15.4. The molecular formula is C16H16FNO3. The molecule has 0 amide bonds. The second kappa shape index (κ2) is 6.26. The van der Waals surface area contributed by atoms with Crippen LogP contribution in [-0.2, 0) is 4.74 Å². The second-order valence-corrected chi connectivity index (χ2v) is 4.49. The first-order chi connectivity index (χ1) is 10.0. The van der Waals surface area contributed by atoms with E-state index in [0.29, 0.717) is 29.2 Å². The highest BCUT2D eigenvalue weighted by Gasteiger charge is 2.10. The molecule has 0 fully saturated rings. The van der Waals surface area contributed by atoms with Crippen LogP contribution in [0.2, 0.25) is 0 Å². The number of benzene rings is 2. The third-order valence-corrected chi connectivity index (χ3v) is 2.89. The minimum Gasteiger partial charge on any atom is -0.462 e. The largest absolute Gasteiger partial charge is 0.462 e. The van der Waals surface area contributed by atoms with Crippen molar-refractivity contribution in [3.8, 4) is 11.5 Å². The van der Waals surface area contributed by atoms with E-state index >= 15 is 0 Å². The van der Waals surface area contributed by atoms with Crippen LogP contribution < -0.4 is 10.5 Å². The maximum absolute atomic E-state index is 13.5. The lowest BCUT2D eigenvalue weighted by atomic mass is 10.2. The van der Waals surface area contributed by atoms with Crippen LogP contribution in [0.5, 0.6) is 11.5 Å². The molecule has 110 valence electrons. The molecule has 0 saturated heterocycles. The average molecular weight is 289 g/mol. The van der Waals surface area contributed by atoms with Crippen LogP contribution in [0, 0.1) is 12.7 Å². The van der Waals surface area contributed by atoms with Gasteiger partial charge in [0.1, 0.15) is 17.3 Å². The zero-order valence-electron chi connectivity index (χ0n) is 11.9. The van der Waals surface area contributed by atoms with E-state index in [4.69, 9.17) is 15.2 Å². The molecular weight excluding hydrogens is 273 g/mol. The van der Waals surface area contributed by atoms with Crippen molar-refractivity contribution in [1.82, 2.24) is 0 Å². The van der Waals surface area contributed by atoms with Gasteiger partial charge in [-0.2, -0.15) is 0 Å². The Morgan fingerprint density at radius 3 is 2.62 bits per heavy atom. The third-order valence-electron chi connectivity index (χ3n) is 2.89. The van der Waals surface area contributed by atoms with Gasteiger partial charge in [0.05, 0.1) is 17.9 Å². The van der Waals surface area contributed by atoms with Crippen molar-refractivity contribution >= 4 is 11.7 Å². The molecule has 21 heavy (non-hydrogen) atoms. The molecule has 0 spiro atoms. The average Bonchev–Trinajstić information content (AvgIpc) is 2.45. The molecule has 5 heteroatoms. The number of hydrogen-bond donors (Lipinski definition) is 1. The molecule has 0 aliphatic heterocycles. The molecule has 2 aromatic rings. The third kappa shape index (κ3) is 3.51. The van der Waals surface area contributed by atoms with Gasteiger partial charge in [-0.15, -0.1) is 0 Å². The number of carbonyl (C=O) groups excluding carboxylic acids is 1. The van der Waals surface area contributed by atoms with E-state index in [2.05, 4.69) is 0 Å². The predicted molar refractivity (Wildman–Crippen MR) is 78.0 cm³/mol. The monoisotopic (exact) mass is 289 g/mol. The molecule has 2 N–H and O–H groups in total. The fourth-order valence-electron chi connectivity index (χ4n) is 1.75. The number of hydrogen-bond acceptors (Lipinski definition) is 4. The van der Waals surface area contributed by atoms with Gasteiger partial charge in [0.25, 0.3) is 0 Å². The van der Waals surface area contributed by atoms with Crippen LogP contribution in [0.4, 0.5) is 10.1 Å². The first kappa shape index (κ1) is 14.8. The maximum Gasteiger partial charge on any atom is 0.338 e. The Bertz CT molecular complexity index is 671. The minimum absolute atomic E-state index is 0.279. The number of anilines is 1. The highest BCUT2D eigenvalue weighted by atomic mass is 19.1. The Labute approximate surface area is 122 Å². The van der Waals surface area contributed by atoms with Crippen molar-refractivity contribution in [1.29, 1.82) is 0 Å². The molecule has 2 rings (SSSR count). The molecule has 0 aliphatic carbocycles. The normalized spacial score (nSPS) is 10.2. The molecule has 0 radical (unpaired) electrons. The molecule has 0 heterocycles. The molecule has 0 aliphatic rings. The summed E-state index contributed by atoms with van der Waals surface area (Å²) in [5.74, 6) is -0.105. The van der Waals surface area contributed by atoms with E-state index in [-0.39, 0.29) is 11.5 Å². The lowest BCUT2D eigenvalue weighted by molar-refractivity contribution is 0.0526. The number of nitrogen functional groups attached to an aromatic ring is 1.